The third-order valence-electron chi connectivity index (χ3n) is 2.76. The average molecular weight is 290 g/mol. The highest BCUT2D eigenvalue weighted by Gasteiger charge is 2.16. The monoisotopic (exact) mass is 290 g/mol. The Bertz CT molecular complexity index is 650. The zero-order valence-electron chi connectivity index (χ0n) is 11.8. The third-order valence-corrected chi connectivity index (χ3v) is 2.76. The number of aromatic carboxylic acids is 1. The van der Waals surface area contributed by atoms with Gasteiger partial charge in [-0.3, -0.25) is 0 Å². The van der Waals surface area contributed by atoms with E-state index in [0.717, 1.165) is 0 Å². The Kier molecular flexibility index (Phi) is 4.22. The van der Waals surface area contributed by atoms with Crippen LogP contribution in [0, 0.1) is 6.92 Å². The molecule has 1 aromatic heterocycles. The first-order chi connectivity index (χ1) is 10.1. The molecule has 21 heavy (non-hydrogen) atoms. The van der Waals surface area contributed by atoms with E-state index in [1.807, 2.05) is 0 Å². The standard InChI is InChI=1S/C14H14N2O5/c1-8-9(13(17)18)7-15-14(16-8)21-12-10(19-2)5-4-6-11(12)20-3/h4-7H,1-3H3,(H,17,18). The molecule has 0 saturated heterocycles. The van der Waals surface area contributed by atoms with Gasteiger partial charge < -0.3 is 19.3 Å². The number of hydrogen-bond acceptors (Lipinski definition) is 6. The summed E-state index contributed by atoms with van der Waals surface area (Å²) in [6.45, 7) is 1.57. The Morgan fingerprint density at radius 1 is 1.19 bits per heavy atom. The molecular formula is C14H14N2O5. The van der Waals surface area contributed by atoms with E-state index in [-0.39, 0.29) is 11.6 Å². The van der Waals surface area contributed by atoms with Crippen LogP contribution < -0.4 is 14.2 Å². The van der Waals surface area contributed by atoms with Crippen molar-refractivity contribution in [3.05, 3.63) is 35.7 Å². The van der Waals surface area contributed by atoms with Gasteiger partial charge in [0.2, 0.25) is 5.75 Å². The lowest BCUT2D eigenvalue weighted by atomic mass is 10.2. The molecule has 0 spiro atoms. The van der Waals surface area contributed by atoms with Gasteiger partial charge >= 0.3 is 12.0 Å². The number of rotatable bonds is 5. The van der Waals surface area contributed by atoms with Gasteiger partial charge in [0.25, 0.3) is 0 Å². The maximum atomic E-state index is 10.9. The molecule has 0 atom stereocenters. The molecule has 0 aliphatic rings. The molecule has 0 aliphatic carbocycles. The smallest absolute Gasteiger partial charge is 0.339 e. The molecule has 0 aliphatic heterocycles. The molecule has 0 unspecified atom stereocenters. The topological polar surface area (TPSA) is 90.8 Å². The van der Waals surface area contributed by atoms with Crippen LogP contribution in [0.25, 0.3) is 0 Å². The van der Waals surface area contributed by atoms with E-state index >= 15 is 0 Å². The van der Waals surface area contributed by atoms with Gasteiger partial charge in [-0.2, -0.15) is 4.98 Å². The Labute approximate surface area is 121 Å². The van der Waals surface area contributed by atoms with E-state index in [1.54, 1.807) is 25.1 Å². The van der Waals surface area contributed by atoms with Crippen LogP contribution in [-0.4, -0.2) is 35.3 Å². The molecule has 0 radical (unpaired) electrons. The zero-order valence-corrected chi connectivity index (χ0v) is 11.8. The van der Waals surface area contributed by atoms with Crippen molar-refractivity contribution in [3.8, 4) is 23.3 Å². The minimum Gasteiger partial charge on any atom is -0.493 e. The third kappa shape index (κ3) is 3.02. The number of aromatic nitrogens is 2. The number of carbonyl (C=O) groups is 1. The van der Waals surface area contributed by atoms with Crippen molar-refractivity contribution in [3.63, 3.8) is 0 Å². The maximum absolute atomic E-state index is 10.9. The van der Waals surface area contributed by atoms with Crippen LogP contribution in [0.2, 0.25) is 0 Å². The van der Waals surface area contributed by atoms with Crippen molar-refractivity contribution in [2.75, 3.05) is 14.2 Å². The number of carboxylic acids is 1. The molecule has 110 valence electrons. The summed E-state index contributed by atoms with van der Waals surface area (Å²) in [5.74, 6) is 0.148. The first-order valence-electron chi connectivity index (χ1n) is 6.02. The largest absolute Gasteiger partial charge is 0.493 e. The summed E-state index contributed by atoms with van der Waals surface area (Å²) in [6, 6.07) is 5.18. The number of aryl methyl sites for hydroxylation is 1. The second-order valence-electron chi connectivity index (χ2n) is 4.05. The lowest BCUT2D eigenvalue weighted by molar-refractivity contribution is 0.0695. The average Bonchev–Trinajstić information content (AvgIpc) is 2.47. The van der Waals surface area contributed by atoms with Crippen LogP contribution in [0.4, 0.5) is 0 Å². The van der Waals surface area contributed by atoms with Crippen molar-refractivity contribution in [1.29, 1.82) is 0 Å². The fourth-order valence-corrected chi connectivity index (χ4v) is 1.71. The number of hydrogen-bond donors (Lipinski definition) is 1. The van der Waals surface area contributed by atoms with Crippen LogP contribution in [0.1, 0.15) is 16.1 Å². The van der Waals surface area contributed by atoms with Crippen LogP contribution in [-0.2, 0) is 0 Å². The highest BCUT2D eigenvalue weighted by molar-refractivity contribution is 5.88. The quantitative estimate of drug-likeness (QED) is 0.903. The number of nitrogens with zero attached hydrogens (tertiary/aromatic N) is 2. The van der Waals surface area contributed by atoms with E-state index in [4.69, 9.17) is 19.3 Å². The van der Waals surface area contributed by atoms with Crippen LogP contribution in [0.5, 0.6) is 23.3 Å². The molecule has 0 saturated carbocycles. The number of carboxylic acid groups (broad SMARTS) is 1. The van der Waals surface area contributed by atoms with Gasteiger partial charge in [0.15, 0.2) is 11.5 Å². The summed E-state index contributed by atoms with van der Waals surface area (Å²) in [5, 5.41) is 8.95. The van der Waals surface area contributed by atoms with Crippen molar-refractivity contribution in [1.82, 2.24) is 9.97 Å². The van der Waals surface area contributed by atoms with E-state index in [2.05, 4.69) is 9.97 Å². The molecule has 0 amide bonds. The van der Waals surface area contributed by atoms with Gasteiger partial charge in [-0.05, 0) is 19.1 Å². The van der Waals surface area contributed by atoms with Gasteiger partial charge in [0.05, 0.1) is 25.5 Å². The van der Waals surface area contributed by atoms with Crippen LogP contribution in [0.15, 0.2) is 24.4 Å². The summed E-state index contributed by atoms with van der Waals surface area (Å²) >= 11 is 0. The highest BCUT2D eigenvalue weighted by Crippen LogP contribution is 2.38. The fraction of sp³-hybridized carbons (Fsp3) is 0.214. The van der Waals surface area contributed by atoms with Crippen LogP contribution in [0.3, 0.4) is 0 Å². The minimum atomic E-state index is -1.09. The SMILES string of the molecule is COc1cccc(OC)c1Oc1ncc(C(=O)O)c(C)n1. The van der Waals surface area contributed by atoms with Crippen molar-refractivity contribution in [2.24, 2.45) is 0 Å². The van der Waals surface area contributed by atoms with Gasteiger partial charge in [0, 0.05) is 6.20 Å². The molecule has 1 N–H and O–H groups in total. The first kappa shape index (κ1) is 14.6. The predicted octanol–water partition coefficient (Wildman–Crippen LogP) is 2.29. The van der Waals surface area contributed by atoms with E-state index in [0.29, 0.717) is 22.9 Å². The summed E-state index contributed by atoms with van der Waals surface area (Å²) in [5.41, 5.74) is 0.329. The molecule has 0 bridgehead atoms. The lowest BCUT2D eigenvalue weighted by Crippen LogP contribution is -2.05. The van der Waals surface area contributed by atoms with E-state index in [9.17, 15) is 4.79 Å². The van der Waals surface area contributed by atoms with E-state index < -0.39 is 5.97 Å². The Hall–Kier alpha value is -2.83. The Morgan fingerprint density at radius 3 is 2.29 bits per heavy atom. The fourth-order valence-electron chi connectivity index (χ4n) is 1.71. The molecule has 2 aromatic rings. The second-order valence-corrected chi connectivity index (χ2v) is 4.05. The zero-order chi connectivity index (χ0) is 15.4. The summed E-state index contributed by atoms with van der Waals surface area (Å²) in [4.78, 5) is 18.8. The molecule has 7 heteroatoms. The van der Waals surface area contributed by atoms with Gasteiger partial charge in [0.1, 0.15) is 0 Å². The normalized spacial score (nSPS) is 10.0. The molecule has 1 aromatic carbocycles. The molecular weight excluding hydrogens is 276 g/mol. The molecule has 0 fully saturated rings. The lowest BCUT2D eigenvalue weighted by Gasteiger charge is -2.12. The summed E-state index contributed by atoms with van der Waals surface area (Å²) in [7, 11) is 3.00. The van der Waals surface area contributed by atoms with E-state index in [1.165, 1.54) is 20.4 Å². The summed E-state index contributed by atoms with van der Waals surface area (Å²) in [6.07, 6.45) is 1.20. The molecule has 7 nitrogen and oxygen atoms in total. The van der Waals surface area contributed by atoms with Crippen molar-refractivity contribution >= 4 is 5.97 Å². The summed E-state index contributed by atoms with van der Waals surface area (Å²) < 4.78 is 16.0. The first-order valence-corrected chi connectivity index (χ1v) is 6.02. The number of para-hydroxylation sites is 1. The highest BCUT2D eigenvalue weighted by atomic mass is 16.5. The number of benzene rings is 1. The van der Waals surface area contributed by atoms with Crippen molar-refractivity contribution < 1.29 is 24.1 Å². The molecule has 2 rings (SSSR count). The second kappa shape index (κ2) is 6.08. The predicted molar refractivity (Wildman–Crippen MR) is 73.3 cm³/mol. The Balaban J connectivity index is 2.38. The van der Waals surface area contributed by atoms with Gasteiger partial charge in [-0.1, -0.05) is 6.07 Å². The number of ether oxygens (including phenoxy) is 3. The Morgan fingerprint density at radius 2 is 1.81 bits per heavy atom. The maximum Gasteiger partial charge on any atom is 0.339 e. The van der Waals surface area contributed by atoms with Gasteiger partial charge in [-0.25, -0.2) is 9.78 Å². The van der Waals surface area contributed by atoms with Crippen LogP contribution >= 0.6 is 0 Å². The minimum absolute atomic E-state index is 0.0142. The van der Waals surface area contributed by atoms with Gasteiger partial charge in [-0.15, -0.1) is 0 Å². The molecule has 1 heterocycles. The van der Waals surface area contributed by atoms with Crippen molar-refractivity contribution in [2.45, 2.75) is 6.92 Å². The number of methoxy groups -OCH3 is 2.